The van der Waals surface area contributed by atoms with E-state index >= 15 is 0 Å². The number of aromatic nitrogens is 2. The predicted octanol–water partition coefficient (Wildman–Crippen LogP) is 5.29. The van der Waals surface area contributed by atoms with Gasteiger partial charge in [0.1, 0.15) is 6.33 Å². The zero-order chi connectivity index (χ0) is 17.8. The lowest BCUT2D eigenvalue weighted by Gasteiger charge is -2.11. The number of rotatable bonds is 5. The molecule has 0 radical (unpaired) electrons. The topological polar surface area (TPSA) is 93.0 Å². The molecule has 0 bridgehead atoms. The van der Waals surface area contributed by atoms with Crippen molar-refractivity contribution in [3.05, 3.63) is 74.5 Å². The van der Waals surface area contributed by atoms with Crippen molar-refractivity contribution in [3.8, 4) is 0 Å². The Labute approximate surface area is 156 Å². The van der Waals surface area contributed by atoms with Gasteiger partial charge in [-0.15, -0.1) is 0 Å². The highest BCUT2D eigenvalue weighted by atomic mass is 79.9. The molecule has 2 N–H and O–H groups in total. The van der Waals surface area contributed by atoms with E-state index in [0.29, 0.717) is 16.4 Å². The maximum Gasteiger partial charge on any atom is 0.353 e. The van der Waals surface area contributed by atoms with Crippen LogP contribution in [0.25, 0.3) is 0 Å². The van der Waals surface area contributed by atoms with Crippen LogP contribution in [0.5, 0.6) is 0 Å². The normalized spacial score (nSPS) is 10.3. The van der Waals surface area contributed by atoms with Crippen molar-refractivity contribution in [2.24, 2.45) is 0 Å². The summed E-state index contributed by atoms with van der Waals surface area (Å²) >= 11 is 9.45. The van der Waals surface area contributed by atoms with Crippen molar-refractivity contribution in [1.29, 1.82) is 0 Å². The van der Waals surface area contributed by atoms with Gasteiger partial charge in [-0.3, -0.25) is 10.1 Å². The second kappa shape index (κ2) is 7.45. The molecule has 126 valence electrons. The number of halogens is 2. The van der Waals surface area contributed by atoms with Crippen LogP contribution in [0.15, 0.2) is 59.3 Å². The van der Waals surface area contributed by atoms with Crippen LogP contribution >= 0.6 is 27.5 Å². The quantitative estimate of drug-likeness (QED) is 0.430. The smallest absolute Gasteiger partial charge is 0.334 e. The summed E-state index contributed by atoms with van der Waals surface area (Å²) in [5.41, 5.74) is 0.890. The zero-order valence-electron chi connectivity index (χ0n) is 12.6. The molecule has 3 rings (SSSR count). The van der Waals surface area contributed by atoms with Crippen LogP contribution in [0.2, 0.25) is 5.02 Å². The Hall–Kier alpha value is -2.71. The molecular formula is C16H11BrClN5O2. The van der Waals surface area contributed by atoms with E-state index in [1.54, 1.807) is 36.4 Å². The van der Waals surface area contributed by atoms with Crippen molar-refractivity contribution in [2.45, 2.75) is 0 Å². The highest BCUT2D eigenvalue weighted by Crippen LogP contribution is 2.34. The van der Waals surface area contributed by atoms with Crippen LogP contribution in [0, 0.1) is 10.1 Å². The Balaban J connectivity index is 2.00. The predicted molar refractivity (Wildman–Crippen MR) is 101 cm³/mol. The van der Waals surface area contributed by atoms with Crippen molar-refractivity contribution in [1.82, 2.24) is 9.97 Å². The Morgan fingerprint density at radius 3 is 2.44 bits per heavy atom. The summed E-state index contributed by atoms with van der Waals surface area (Å²) < 4.78 is 0.837. The van der Waals surface area contributed by atoms with Gasteiger partial charge in [0.25, 0.3) is 0 Å². The molecule has 0 atom stereocenters. The van der Waals surface area contributed by atoms with Gasteiger partial charge in [0.2, 0.25) is 11.6 Å². The van der Waals surface area contributed by atoms with E-state index in [1.807, 2.05) is 12.1 Å². The number of para-hydroxylation sites is 1. The molecule has 0 amide bonds. The maximum atomic E-state index is 11.6. The van der Waals surface area contributed by atoms with E-state index in [1.165, 1.54) is 6.33 Å². The Bertz CT molecular complexity index is 938. The number of hydrogen-bond donors (Lipinski definition) is 2. The molecule has 25 heavy (non-hydrogen) atoms. The highest BCUT2D eigenvalue weighted by Gasteiger charge is 2.23. The SMILES string of the molecule is O=[N+]([O-])c1c(Nc2cccc(Br)c2)ncnc1Nc1ccccc1Cl. The van der Waals surface area contributed by atoms with Gasteiger partial charge >= 0.3 is 5.69 Å². The first-order valence-corrected chi connectivity index (χ1v) is 8.25. The monoisotopic (exact) mass is 419 g/mol. The van der Waals surface area contributed by atoms with E-state index in [-0.39, 0.29) is 17.3 Å². The summed E-state index contributed by atoms with van der Waals surface area (Å²) in [5, 5.41) is 17.8. The largest absolute Gasteiger partial charge is 0.353 e. The maximum absolute atomic E-state index is 11.6. The van der Waals surface area contributed by atoms with Gasteiger partial charge < -0.3 is 10.6 Å². The first kappa shape index (κ1) is 17.1. The lowest BCUT2D eigenvalue weighted by Crippen LogP contribution is -2.05. The Morgan fingerprint density at radius 1 is 1.04 bits per heavy atom. The first-order valence-electron chi connectivity index (χ1n) is 7.08. The Kier molecular flexibility index (Phi) is 5.11. The molecule has 3 aromatic rings. The van der Waals surface area contributed by atoms with Crippen LogP contribution in [-0.2, 0) is 0 Å². The molecule has 0 unspecified atom stereocenters. The van der Waals surface area contributed by atoms with Crippen molar-refractivity contribution >= 4 is 56.2 Å². The van der Waals surface area contributed by atoms with Gasteiger partial charge in [-0.05, 0) is 30.3 Å². The lowest BCUT2D eigenvalue weighted by atomic mass is 10.3. The van der Waals surface area contributed by atoms with Crippen molar-refractivity contribution < 1.29 is 4.92 Å². The molecule has 7 nitrogen and oxygen atoms in total. The third-order valence-corrected chi connectivity index (χ3v) is 4.04. The van der Waals surface area contributed by atoms with Gasteiger partial charge in [0.15, 0.2) is 0 Å². The van der Waals surface area contributed by atoms with E-state index in [2.05, 4.69) is 36.5 Å². The fourth-order valence-electron chi connectivity index (χ4n) is 2.13. The molecule has 0 spiro atoms. The molecule has 0 aliphatic rings. The summed E-state index contributed by atoms with van der Waals surface area (Å²) in [6.45, 7) is 0. The molecule has 0 fully saturated rings. The number of anilines is 4. The van der Waals surface area contributed by atoms with Gasteiger partial charge in [-0.25, -0.2) is 9.97 Å². The molecule has 1 heterocycles. The third-order valence-electron chi connectivity index (χ3n) is 3.22. The third kappa shape index (κ3) is 4.04. The van der Waals surface area contributed by atoms with Gasteiger partial charge in [0.05, 0.1) is 15.6 Å². The van der Waals surface area contributed by atoms with Gasteiger partial charge in [-0.2, -0.15) is 0 Å². The number of hydrogen-bond acceptors (Lipinski definition) is 6. The minimum absolute atomic E-state index is 0.0468. The van der Waals surface area contributed by atoms with Crippen LogP contribution in [0.3, 0.4) is 0 Å². The molecule has 9 heteroatoms. The first-order chi connectivity index (χ1) is 12.0. The van der Waals surface area contributed by atoms with Crippen LogP contribution in [0.4, 0.5) is 28.7 Å². The minimum atomic E-state index is -0.542. The standard InChI is InChI=1S/C16H11BrClN5O2/c17-10-4-3-5-11(8-10)21-15-14(23(24)25)16(20-9-19-15)22-13-7-2-1-6-12(13)18/h1-9H,(H2,19,20,21,22). The van der Waals surface area contributed by atoms with E-state index in [4.69, 9.17) is 11.6 Å². The molecule has 0 aliphatic heterocycles. The summed E-state index contributed by atoms with van der Waals surface area (Å²) in [6.07, 6.45) is 1.24. The number of nitrogens with zero attached hydrogens (tertiary/aromatic N) is 3. The van der Waals surface area contributed by atoms with Crippen molar-refractivity contribution in [2.75, 3.05) is 10.6 Å². The summed E-state index contributed by atoms with van der Waals surface area (Å²) in [7, 11) is 0. The summed E-state index contributed by atoms with van der Waals surface area (Å²) in [6, 6.07) is 14.1. The van der Waals surface area contributed by atoms with E-state index < -0.39 is 4.92 Å². The number of nitrogens with one attached hydrogen (secondary N) is 2. The number of benzene rings is 2. The molecule has 0 saturated heterocycles. The van der Waals surface area contributed by atoms with Gasteiger partial charge in [0, 0.05) is 10.2 Å². The van der Waals surface area contributed by atoms with E-state index in [9.17, 15) is 10.1 Å². The molecular weight excluding hydrogens is 410 g/mol. The average Bonchev–Trinajstić information content (AvgIpc) is 2.57. The lowest BCUT2D eigenvalue weighted by molar-refractivity contribution is -0.383. The van der Waals surface area contributed by atoms with Crippen LogP contribution in [0.1, 0.15) is 0 Å². The second-order valence-electron chi connectivity index (χ2n) is 4.92. The Morgan fingerprint density at radius 2 is 1.76 bits per heavy atom. The molecule has 1 aromatic heterocycles. The minimum Gasteiger partial charge on any atom is -0.334 e. The molecule has 0 saturated carbocycles. The van der Waals surface area contributed by atoms with Gasteiger partial charge in [-0.1, -0.05) is 45.7 Å². The number of nitro groups is 1. The fourth-order valence-corrected chi connectivity index (χ4v) is 2.71. The molecule has 2 aromatic carbocycles. The van der Waals surface area contributed by atoms with Crippen molar-refractivity contribution in [3.63, 3.8) is 0 Å². The fraction of sp³-hybridized carbons (Fsp3) is 0. The second-order valence-corrected chi connectivity index (χ2v) is 6.24. The zero-order valence-corrected chi connectivity index (χ0v) is 15.0. The average molecular weight is 421 g/mol. The van der Waals surface area contributed by atoms with E-state index in [0.717, 1.165) is 4.47 Å². The molecule has 0 aliphatic carbocycles. The van der Waals surface area contributed by atoms with Crippen LogP contribution in [-0.4, -0.2) is 14.9 Å². The highest BCUT2D eigenvalue weighted by molar-refractivity contribution is 9.10. The summed E-state index contributed by atoms with van der Waals surface area (Å²) in [4.78, 5) is 19.0. The summed E-state index contributed by atoms with van der Waals surface area (Å²) in [5.74, 6) is 0.123. The van der Waals surface area contributed by atoms with Crippen LogP contribution < -0.4 is 10.6 Å².